The highest BCUT2D eigenvalue weighted by Gasteiger charge is 2.19. The van der Waals surface area contributed by atoms with Gasteiger partial charge in [0.05, 0.1) is 21.6 Å². The van der Waals surface area contributed by atoms with Crippen molar-refractivity contribution >= 4 is 11.5 Å². The number of likely N-dealkylation sites (tertiary alicyclic amines) is 1. The maximum atomic E-state index is 9.89. The Labute approximate surface area is 209 Å². The Bertz CT molecular complexity index is 1390. The van der Waals surface area contributed by atoms with Crippen LogP contribution in [0.1, 0.15) is 46.6 Å². The Morgan fingerprint density at radius 2 is 2.06 bits per heavy atom. The standard InChI is InChI=1S/C27H30N6O2/c1-27(2,34)10-7-19-5-6-24(29-3)21(13-19)18-35-25-14-20(15-30-26(25)28)22-16-31-33(17-22)23-8-11-32(4)12-9-23/h5-6,13-17,23,34H,8-9,11-12,18H2,1-2,4H3,(H2,28,30)/i18D2. The second-order valence-electron chi connectivity index (χ2n) is 9.21. The van der Waals surface area contributed by atoms with Gasteiger partial charge < -0.3 is 20.5 Å². The molecule has 0 unspecified atom stereocenters. The smallest absolute Gasteiger partial charge is 0.193 e. The Balaban J connectivity index is 1.61. The SMILES string of the molecule is [2H]C([2H])(Oc1cc(-c2cnn(C3CCN(C)CC3)c2)cnc1N)c1cc(C#CC(C)(C)O)ccc1[N+]#[C-]. The molecule has 3 heterocycles. The summed E-state index contributed by atoms with van der Waals surface area (Å²) in [6, 6.07) is 6.49. The highest BCUT2D eigenvalue weighted by atomic mass is 16.5. The van der Waals surface area contributed by atoms with E-state index in [1.807, 2.05) is 10.9 Å². The minimum Gasteiger partial charge on any atom is -0.486 e. The van der Waals surface area contributed by atoms with Crippen molar-refractivity contribution in [3.8, 4) is 28.7 Å². The molecule has 2 aromatic heterocycles. The number of rotatable bonds is 5. The van der Waals surface area contributed by atoms with Gasteiger partial charge in [0.15, 0.2) is 17.3 Å². The van der Waals surface area contributed by atoms with Crippen molar-refractivity contribution in [2.45, 2.75) is 44.9 Å². The number of aromatic nitrogens is 3. The molecule has 4 rings (SSSR count). The zero-order valence-corrected chi connectivity index (χ0v) is 20.1. The number of nitrogens with zero attached hydrogens (tertiary/aromatic N) is 5. The summed E-state index contributed by atoms with van der Waals surface area (Å²) in [5, 5.41) is 14.4. The van der Waals surface area contributed by atoms with E-state index in [0.29, 0.717) is 17.2 Å². The minimum atomic E-state index is -2.40. The van der Waals surface area contributed by atoms with Crippen LogP contribution < -0.4 is 10.5 Å². The van der Waals surface area contributed by atoms with Crippen LogP contribution in [0, 0.1) is 18.4 Å². The van der Waals surface area contributed by atoms with Crippen molar-refractivity contribution < 1.29 is 12.6 Å². The topological polar surface area (TPSA) is 93.8 Å². The van der Waals surface area contributed by atoms with Gasteiger partial charge in [-0.3, -0.25) is 4.68 Å². The van der Waals surface area contributed by atoms with Crippen LogP contribution in [0.2, 0.25) is 0 Å². The van der Waals surface area contributed by atoms with Gasteiger partial charge in [-0.2, -0.15) is 5.10 Å². The lowest BCUT2D eigenvalue weighted by Gasteiger charge is -2.28. The molecule has 0 bridgehead atoms. The van der Waals surface area contributed by atoms with Gasteiger partial charge in [0, 0.05) is 29.1 Å². The van der Waals surface area contributed by atoms with Crippen LogP contribution in [-0.2, 0) is 6.56 Å². The van der Waals surface area contributed by atoms with Crippen LogP contribution in [0.4, 0.5) is 11.5 Å². The largest absolute Gasteiger partial charge is 0.486 e. The number of piperidine rings is 1. The van der Waals surface area contributed by atoms with E-state index in [9.17, 15) is 5.11 Å². The van der Waals surface area contributed by atoms with E-state index in [-0.39, 0.29) is 22.8 Å². The molecule has 1 aliphatic rings. The highest BCUT2D eigenvalue weighted by molar-refractivity contribution is 5.66. The van der Waals surface area contributed by atoms with Crippen molar-refractivity contribution in [3.63, 3.8) is 0 Å². The number of benzene rings is 1. The lowest BCUT2D eigenvalue weighted by molar-refractivity contribution is 0.143. The third-order valence-corrected chi connectivity index (χ3v) is 5.78. The van der Waals surface area contributed by atoms with Gasteiger partial charge in [0.25, 0.3) is 0 Å². The van der Waals surface area contributed by atoms with E-state index in [0.717, 1.165) is 31.5 Å². The molecule has 8 heteroatoms. The minimum absolute atomic E-state index is 0.00457. The normalized spacial score (nSPS) is 16.0. The lowest BCUT2D eigenvalue weighted by Crippen LogP contribution is -2.31. The molecule has 35 heavy (non-hydrogen) atoms. The highest BCUT2D eigenvalue weighted by Crippen LogP contribution is 2.30. The maximum absolute atomic E-state index is 9.89. The molecule has 0 aliphatic carbocycles. The zero-order chi connectivity index (χ0) is 26.8. The van der Waals surface area contributed by atoms with E-state index in [1.54, 1.807) is 38.4 Å². The summed E-state index contributed by atoms with van der Waals surface area (Å²) in [7, 11) is 2.12. The molecule has 3 N–H and O–H groups in total. The first-order valence-electron chi connectivity index (χ1n) is 12.4. The van der Waals surface area contributed by atoms with E-state index in [2.05, 4.69) is 38.7 Å². The molecular formula is C27H30N6O2. The Kier molecular flexibility index (Phi) is 6.31. The van der Waals surface area contributed by atoms with Gasteiger partial charge in [0.2, 0.25) is 0 Å². The number of nitrogen functional groups attached to an aromatic ring is 1. The molecule has 1 saturated heterocycles. The van der Waals surface area contributed by atoms with E-state index in [1.165, 1.54) is 12.1 Å². The summed E-state index contributed by atoms with van der Waals surface area (Å²) >= 11 is 0. The zero-order valence-electron chi connectivity index (χ0n) is 22.1. The number of anilines is 1. The van der Waals surface area contributed by atoms with Crippen molar-refractivity contribution in [2.24, 2.45) is 0 Å². The second-order valence-corrected chi connectivity index (χ2v) is 9.21. The summed E-state index contributed by atoms with van der Waals surface area (Å²) < 4.78 is 25.0. The number of hydrogen-bond acceptors (Lipinski definition) is 6. The summed E-state index contributed by atoms with van der Waals surface area (Å²) in [4.78, 5) is 9.96. The first-order chi connectivity index (χ1) is 17.4. The van der Waals surface area contributed by atoms with Crippen molar-refractivity contribution in [3.05, 3.63) is 65.4 Å². The summed E-state index contributed by atoms with van der Waals surface area (Å²) in [5.74, 6) is 5.58. The van der Waals surface area contributed by atoms with Gasteiger partial charge in [-0.1, -0.05) is 30.0 Å². The number of nitrogens with two attached hydrogens (primary N) is 1. The molecule has 1 aliphatic heterocycles. The first-order valence-corrected chi connectivity index (χ1v) is 11.4. The monoisotopic (exact) mass is 472 g/mol. The van der Waals surface area contributed by atoms with Crippen LogP contribution in [0.15, 0.2) is 42.9 Å². The van der Waals surface area contributed by atoms with Gasteiger partial charge >= 0.3 is 0 Å². The molecule has 0 atom stereocenters. The number of pyridine rings is 1. The fourth-order valence-electron chi connectivity index (χ4n) is 3.77. The Morgan fingerprint density at radius 1 is 1.29 bits per heavy atom. The first kappa shape index (κ1) is 21.7. The van der Waals surface area contributed by atoms with Crippen molar-refractivity contribution in [2.75, 3.05) is 25.9 Å². The Hall–Kier alpha value is -3.85. The summed E-state index contributed by atoms with van der Waals surface area (Å²) in [6.07, 6.45) is 7.37. The summed E-state index contributed by atoms with van der Waals surface area (Å²) in [5.41, 5.74) is 6.88. The molecule has 3 aromatic rings. The van der Waals surface area contributed by atoms with Crippen molar-refractivity contribution in [1.29, 1.82) is 0 Å². The van der Waals surface area contributed by atoms with E-state index >= 15 is 0 Å². The quantitative estimate of drug-likeness (QED) is 0.430. The number of hydrogen-bond donors (Lipinski definition) is 2. The molecule has 8 nitrogen and oxygen atoms in total. The molecular weight excluding hydrogens is 440 g/mol. The van der Waals surface area contributed by atoms with Crippen LogP contribution >= 0.6 is 0 Å². The molecule has 1 aromatic carbocycles. The van der Waals surface area contributed by atoms with E-state index < -0.39 is 12.2 Å². The predicted molar refractivity (Wildman–Crippen MR) is 136 cm³/mol. The third kappa shape index (κ3) is 6.19. The van der Waals surface area contributed by atoms with Gasteiger partial charge in [-0.25, -0.2) is 9.83 Å². The Morgan fingerprint density at radius 3 is 2.77 bits per heavy atom. The van der Waals surface area contributed by atoms with Gasteiger partial charge in [-0.15, -0.1) is 0 Å². The number of ether oxygens (including phenoxy) is 1. The lowest BCUT2D eigenvalue weighted by atomic mass is 10.1. The molecule has 0 amide bonds. The molecule has 0 saturated carbocycles. The molecule has 1 fully saturated rings. The summed E-state index contributed by atoms with van der Waals surface area (Å²) in [6.45, 7) is 10.2. The van der Waals surface area contributed by atoms with Gasteiger partial charge in [-0.05, 0) is 58.5 Å². The second kappa shape index (κ2) is 10.2. The third-order valence-electron chi connectivity index (χ3n) is 5.78. The van der Waals surface area contributed by atoms with E-state index in [4.69, 9.17) is 19.8 Å². The van der Waals surface area contributed by atoms with Crippen LogP contribution in [0.5, 0.6) is 5.75 Å². The molecule has 0 radical (unpaired) electrons. The molecule has 180 valence electrons. The fraction of sp³-hybridized carbons (Fsp3) is 0.370. The van der Waals surface area contributed by atoms with Crippen LogP contribution in [0.25, 0.3) is 16.0 Å². The number of aliphatic hydroxyl groups is 1. The molecule has 0 spiro atoms. The van der Waals surface area contributed by atoms with Crippen molar-refractivity contribution in [1.82, 2.24) is 19.7 Å². The predicted octanol–water partition coefficient (Wildman–Crippen LogP) is 4.05. The van der Waals surface area contributed by atoms with Gasteiger partial charge in [0.1, 0.15) is 12.2 Å². The van der Waals surface area contributed by atoms with Crippen LogP contribution in [0.3, 0.4) is 0 Å². The average Bonchev–Trinajstić information content (AvgIpc) is 3.34. The maximum Gasteiger partial charge on any atom is 0.193 e. The average molecular weight is 473 g/mol. The van der Waals surface area contributed by atoms with Crippen LogP contribution in [-0.4, -0.2) is 50.5 Å². The fourth-order valence-corrected chi connectivity index (χ4v) is 3.77.